The summed E-state index contributed by atoms with van der Waals surface area (Å²) in [6.45, 7) is 7.14. The minimum atomic E-state index is -0.679. The second-order valence-electron chi connectivity index (χ2n) is 8.86. The van der Waals surface area contributed by atoms with Gasteiger partial charge in [-0.05, 0) is 31.1 Å². The Morgan fingerprint density at radius 2 is 1.34 bits per heavy atom. The smallest absolute Gasteiger partial charge is 0.305 e. The van der Waals surface area contributed by atoms with Crippen molar-refractivity contribution in [1.29, 1.82) is 0 Å². The monoisotopic (exact) mass is 412 g/mol. The van der Waals surface area contributed by atoms with E-state index in [4.69, 9.17) is 9.84 Å². The lowest BCUT2D eigenvalue weighted by atomic mass is 9.97. The summed E-state index contributed by atoms with van der Waals surface area (Å²) in [5, 5.41) is 8.69. The van der Waals surface area contributed by atoms with Crippen molar-refractivity contribution in [3.63, 3.8) is 0 Å². The molecule has 0 saturated carbocycles. The van der Waals surface area contributed by atoms with E-state index in [1.54, 1.807) is 0 Å². The van der Waals surface area contributed by atoms with E-state index in [0.29, 0.717) is 31.3 Å². The predicted molar refractivity (Wildman–Crippen MR) is 121 cm³/mol. The number of carbonyl (C=O) groups is 2. The molecule has 0 aliphatic carbocycles. The minimum absolute atomic E-state index is 0.0162. The summed E-state index contributed by atoms with van der Waals surface area (Å²) in [5.41, 5.74) is 0. The molecule has 2 unspecified atom stereocenters. The summed E-state index contributed by atoms with van der Waals surface area (Å²) in [5.74, 6) is 0.368. The molecule has 0 aromatic carbocycles. The molecule has 0 rings (SSSR count). The topological polar surface area (TPSA) is 63.6 Å². The average Bonchev–Trinajstić information content (AvgIpc) is 2.70. The van der Waals surface area contributed by atoms with E-state index < -0.39 is 5.97 Å². The van der Waals surface area contributed by atoms with Crippen LogP contribution in [0, 0.1) is 11.8 Å². The van der Waals surface area contributed by atoms with Gasteiger partial charge in [0.15, 0.2) is 0 Å². The molecule has 0 fully saturated rings. The quantitative estimate of drug-likeness (QED) is 0.156. The molecule has 0 aromatic rings. The van der Waals surface area contributed by atoms with Crippen LogP contribution < -0.4 is 0 Å². The van der Waals surface area contributed by atoms with Crippen LogP contribution in [0.2, 0.25) is 0 Å². The zero-order chi connectivity index (χ0) is 21.7. The van der Waals surface area contributed by atoms with Crippen LogP contribution in [0.25, 0.3) is 0 Å². The van der Waals surface area contributed by atoms with Crippen LogP contribution in [0.1, 0.15) is 130 Å². The van der Waals surface area contributed by atoms with Gasteiger partial charge < -0.3 is 9.84 Å². The van der Waals surface area contributed by atoms with Crippen molar-refractivity contribution in [1.82, 2.24) is 0 Å². The highest BCUT2D eigenvalue weighted by molar-refractivity contribution is 5.69. The van der Waals surface area contributed by atoms with Gasteiger partial charge in [0, 0.05) is 12.8 Å². The maximum atomic E-state index is 11.8. The van der Waals surface area contributed by atoms with Crippen LogP contribution in [0.15, 0.2) is 0 Å². The summed E-state index contributed by atoms with van der Waals surface area (Å²) in [6, 6.07) is 0. The van der Waals surface area contributed by atoms with E-state index in [1.807, 2.05) is 0 Å². The van der Waals surface area contributed by atoms with Crippen molar-refractivity contribution in [3.05, 3.63) is 0 Å². The highest BCUT2D eigenvalue weighted by atomic mass is 16.5. The van der Waals surface area contributed by atoms with Gasteiger partial charge >= 0.3 is 11.9 Å². The number of carbonyl (C=O) groups excluding carboxylic acids is 1. The van der Waals surface area contributed by atoms with Crippen LogP contribution in [0.3, 0.4) is 0 Å². The van der Waals surface area contributed by atoms with E-state index >= 15 is 0 Å². The number of unbranched alkanes of at least 4 members (excludes halogenated alkanes) is 9. The minimum Gasteiger partial charge on any atom is -0.481 e. The third-order valence-corrected chi connectivity index (χ3v) is 5.95. The molecule has 0 saturated heterocycles. The van der Waals surface area contributed by atoms with Crippen LogP contribution in [-0.4, -0.2) is 23.7 Å². The third-order valence-electron chi connectivity index (χ3n) is 5.95. The van der Waals surface area contributed by atoms with Gasteiger partial charge in [0.05, 0.1) is 6.61 Å². The molecule has 0 aliphatic heterocycles. The predicted octanol–water partition coefficient (Wildman–Crippen LogP) is 7.54. The van der Waals surface area contributed by atoms with Gasteiger partial charge in [-0.1, -0.05) is 97.8 Å². The molecule has 0 heterocycles. The number of ether oxygens (including phenoxy) is 1. The van der Waals surface area contributed by atoms with Gasteiger partial charge in [-0.25, -0.2) is 0 Å². The van der Waals surface area contributed by atoms with Crippen LogP contribution in [-0.2, 0) is 14.3 Å². The van der Waals surface area contributed by atoms with E-state index in [0.717, 1.165) is 32.1 Å². The van der Waals surface area contributed by atoms with E-state index in [9.17, 15) is 9.59 Å². The molecular weight excluding hydrogens is 364 g/mol. The molecule has 0 spiro atoms. The fraction of sp³-hybridized carbons (Fsp3) is 0.920. The summed E-state index contributed by atoms with van der Waals surface area (Å²) < 4.78 is 5.45. The lowest BCUT2D eigenvalue weighted by molar-refractivity contribution is -0.145. The fourth-order valence-corrected chi connectivity index (χ4v) is 3.69. The molecular formula is C25H48O4. The van der Waals surface area contributed by atoms with Crippen molar-refractivity contribution >= 4 is 11.9 Å². The van der Waals surface area contributed by atoms with Crippen LogP contribution in [0.5, 0.6) is 0 Å². The lowest BCUT2D eigenvalue weighted by Crippen LogP contribution is -2.13. The Bertz CT molecular complexity index is 394. The third kappa shape index (κ3) is 20.0. The van der Waals surface area contributed by atoms with Gasteiger partial charge in [0.25, 0.3) is 0 Å². The van der Waals surface area contributed by atoms with Gasteiger partial charge in [-0.2, -0.15) is 0 Å². The first-order chi connectivity index (χ1) is 14.0. The first-order valence-electron chi connectivity index (χ1n) is 12.4. The number of esters is 1. The molecule has 0 amide bonds. The standard InChI is InChI=1S/C25H48O4/c1-4-6-17-23(5-2)21-29-25(28)18-15-13-11-9-7-8-10-12-14-16-22(3)19-20-24(26)27/h22-23H,4-21H2,1-3H3,(H,26,27). The summed E-state index contributed by atoms with van der Waals surface area (Å²) >= 11 is 0. The Morgan fingerprint density at radius 3 is 1.90 bits per heavy atom. The molecule has 0 radical (unpaired) electrons. The molecule has 4 nitrogen and oxygen atoms in total. The van der Waals surface area contributed by atoms with Crippen molar-refractivity contribution in [2.24, 2.45) is 11.8 Å². The van der Waals surface area contributed by atoms with Crippen LogP contribution >= 0.6 is 0 Å². The van der Waals surface area contributed by atoms with Gasteiger partial charge in [-0.3, -0.25) is 9.59 Å². The number of carboxylic acids is 1. The number of aliphatic carboxylic acids is 1. The molecule has 29 heavy (non-hydrogen) atoms. The highest BCUT2D eigenvalue weighted by Crippen LogP contribution is 2.17. The van der Waals surface area contributed by atoms with E-state index in [-0.39, 0.29) is 5.97 Å². The summed E-state index contributed by atoms with van der Waals surface area (Å²) in [7, 11) is 0. The van der Waals surface area contributed by atoms with Gasteiger partial charge in [0.1, 0.15) is 0 Å². The van der Waals surface area contributed by atoms with Gasteiger partial charge in [-0.15, -0.1) is 0 Å². The second kappa shape index (κ2) is 20.2. The highest BCUT2D eigenvalue weighted by Gasteiger charge is 2.10. The normalized spacial score (nSPS) is 13.2. The van der Waals surface area contributed by atoms with Crippen molar-refractivity contribution in [2.75, 3.05) is 6.61 Å². The molecule has 1 N–H and O–H groups in total. The number of carboxylic acid groups (broad SMARTS) is 1. The Hall–Kier alpha value is -1.06. The maximum Gasteiger partial charge on any atom is 0.305 e. The molecule has 172 valence electrons. The SMILES string of the molecule is CCCCC(CC)COC(=O)CCCCCCCCCCCC(C)CCC(=O)O. The first kappa shape index (κ1) is 27.9. The number of hydrogen-bond acceptors (Lipinski definition) is 3. The van der Waals surface area contributed by atoms with E-state index in [2.05, 4.69) is 20.8 Å². The number of rotatable bonds is 21. The van der Waals surface area contributed by atoms with Crippen molar-refractivity contribution < 1.29 is 19.4 Å². The summed E-state index contributed by atoms with van der Waals surface area (Å²) in [6.07, 6.45) is 18.4. The van der Waals surface area contributed by atoms with E-state index in [1.165, 1.54) is 64.2 Å². The zero-order valence-corrected chi connectivity index (χ0v) is 19.6. The van der Waals surface area contributed by atoms with Gasteiger partial charge in [0.2, 0.25) is 0 Å². The lowest BCUT2D eigenvalue weighted by Gasteiger charge is -2.14. The Kier molecular flexibility index (Phi) is 19.5. The van der Waals surface area contributed by atoms with Crippen molar-refractivity contribution in [2.45, 2.75) is 130 Å². The average molecular weight is 413 g/mol. The summed E-state index contributed by atoms with van der Waals surface area (Å²) in [4.78, 5) is 22.4. The van der Waals surface area contributed by atoms with Crippen molar-refractivity contribution in [3.8, 4) is 0 Å². The second-order valence-corrected chi connectivity index (χ2v) is 8.86. The number of hydrogen-bond donors (Lipinski definition) is 1. The Morgan fingerprint density at radius 1 is 0.759 bits per heavy atom. The molecule has 0 aliphatic rings. The Labute approximate surface area is 180 Å². The fourth-order valence-electron chi connectivity index (χ4n) is 3.69. The van der Waals surface area contributed by atoms with Crippen LogP contribution in [0.4, 0.5) is 0 Å². The zero-order valence-electron chi connectivity index (χ0n) is 19.6. The maximum absolute atomic E-state index is 11.8. The largest absolute Gasteiger partial charge is 0.481 e. The Balaban J connectivity index is 3.38. The molecule has 2 atom stereocenters. The molecule has 4 heteroatoms. The first-order valence-corrected chi connectivity index (χ1v) is 12.4. The molecule has 0 aromatic heterocycles. The molecule has 0 bridgehead atoms.